The molecule has 0 unspecified atom stereocenters. The maximum absolute atomic E-state index is 12.2. The van der Waals surface area contributed by atoms with E-state index >= 15 is 0 Å². The third-order valence-corrected chi connectivity index (χ3v) is 3.32. The van der Waals surface area contributed by atoms with Crippen molar-refractivity contribution in [1.82, 2.24) is 15.5 Å². The molecule has 0 atom stereocenters. The minimum Gasteiger partial charge on any atom is -0.348 e. The van der Waals surface area contributed by atoms with Gasteiger partial charge in [-0.3, -0.25) is 4.79 Å². The monoisotopic (exact) mass is 273 g/mol. The predicted octanol–water partition coefficient (Wildman–Crippen LogP) is 1.40. The average molecular weight is 273 g/mol. The molecule has 0 bridgehead atoms. The Balaban J connectivity index is 1.93. The lowest BCUT2D eigenvalue weighted by atomic mass is 10.1. The van der Waals surface area contributed by atoms with Gasteiger partial charge < -0.3 is 15.5 Å². The number of rotatable bonds is 5. The van der Waals surface area contributed by atoms with Gasteiger partial charge in [-0.1, -0.05) is 23.8 Å². The first kappa shape index (κ1) is 14.8. The molecule has 1 aliphatic rings. The molecule has 4 heteroatoms. The van der Waals surface area contributed by atoms with Crippen LogP contribution in [0, 0.1) is 0 Å². The van der Waals surface area contributed by atoms with E-state index in [0.717, 1.165) is 37.2 Å². The molecule has 108 valence electrons. The summed E-state index contributed by atoms with van der Waals surface area (Å²) in [6.07, 6.45) is 3.17. The second-order valence-electron chi connectivity index (χ2n) is 5.44. The van der Waals surface area contributed by atoms with Gasteiger partial charge in [-0.15, -0.1) is 0 Å². The molecule has 2 rings (SSSR count). The molecule has 0 radical (unpaired) electrons. The number of benzene rings is 1. The standard InChI is InChI=1S/C16H23N3O/c1-19(2)12-14-4-3-5-15(10-14)16(20)18-11-13-6-8-17-9-7-13/h3-6,10,17H,7-9,11-12H2,1-2H3,(H,18,20). The molecule has 20 heavy (non-hydrogen) atoms. The van der Waals surface area contributed by atoms with Gasteiger partial charge in [0.1, 0.15) is 0 Å². The van der Waals surface area contributed by atoms with E-state index in [0.29, 0.717) is 6.54 Å². The Morgan fingerprint density at radius 1 is 1.40 bits per heavy atom. The molecular formula is C16H23N3O. The number of hydrogen-bond donors (Lipinski definition) is 2. The minimum absolute atomic E-state index is 0.00467. The predicted molar refractivity (Wildman–Crippen MR) is 81.7 cm³/mol. The van der Waals surface area contributed by atoms with Crippen LogP contribution in [0.25, 0.3) is 0 Å². The van der Waals surface area contributed by atoms with Crippen LogP contribution in [0.4, 0.5) is 0 Å². The van der Waals surface area contributed by atoms with Crippen molar-refractivity contribution in [3.8, 4) is 0 Å². The van der Waals surface area contributed by atoms with Crippen LogP contribution in [0.1, 0.15) is 22.3 Å². The fourth-order valence-electron chi connectivity index (χ4n) is 2.30. The molecule has 0 aromatic heterocycles. The topological polar surface area (TPSA) is 44.4 Å². The average Bonchev–Trinajstić information content (AvgIpc) is 2.45. The summed E-state index contributed by atoms with van der Waals surface area (Å²) in [5, 5.41) is 6.27. The Morgan fingerprint density at radius 3 is 2.95 bits per heavy atom. The highest BCUT2D eigenvalue weighted by Gasteiger charge is 2.08. The fraction of sp³-hybridized carbons (Fsp3) is 0.438. The van der Waals surface area contributed by atoms with E-state index in [9.17, 15) is 4.79 Å². The zero-order valence-corrected chi connectivity index (χ0v) is 12.3. The number of carbonyl (C=O) groups excluding carboxylic acids is 1. The zero-order chi connectivity index (χ0) is 14.4. The molecule has 4 nitrogen and oxygen atoms in total. The summed E-state index contributed by atoms with van der Waals surface area (Å²) in [7, 11) is 4.05. The Hall–Kier alpha value is -1.65. The van der Waals surface area contributed by atoms with Gasteiger partial charge in [-0.25, -0.2) is 0 Å². The quantitative estimate of drug-likeness (QED) is 0.797. The third-order valence-electron chi connectivity index (χ3n) is 3.32. The zero-order valence-electron chi connectivity index (χ0n) is 12.3. The SMILES string of the molecule is CN(C)Cc1cccc(C(=O)NCC2=CCNCC2)c1. The molecule has 0 saturated carbocycles. The van der Waals surface area contributed by atoms with Crippen LogP contribution in [0.2, 0.25) is 0 Å². The van der Waals surface area contributed by atoms with Gasteiger partial charge >= 0.3 is 0 Å². The Kier molecular flexibility index (Phi) is 5.32. The maximum atomic E-state index is 12.2. The van der Waals surface area contributed by atoms with Crippen LogP contribution in [-0.4, -0.2) is 44.5 Å². The van der Waals surface area contributed by atoms with Crippen LogP contribution >= 0.6 is 0 Å². The van der Waals surface area contributed by atoms with Crippen molar-refractivity contribution in [2.75, 3.05) is 33.7 Å². The fourth-order valence-corrected chi connectivity index (χ4v) is 2.30. The first-order valence-corrected chi connectivity index (χ1v) is 7.05. The number of carbonyl (C=O) groups is 1. The van der Waals surface area contributed by atoms with Crippen molar-refractivity contribution in [1.29, 1.82) is 0 Å². The van der Waals surface area contributed by atoms with Gasteiger partial charge in [0.15, 0.2) is 0 Å². The number of hydrogen-bond acceptors (Lipinski definition) is 3. The highest BCUT2D eigenvalue weighted by atomic mass is 16.1. The summed E-state index contributed by atoms with van der Waals surface area (Å²) in [5.74, 6) is 0.00467. The van der Waals surface area contributed by atoms with E-state index in [1.165, 1.54) is 5.57 Å². The Morgan fingerprint density at radius 2 is 2.25 bits per heavy atom. The van der Waals surface area contributed by atoms with Gasteiger partial charge in [-0.05, 0) is 44.8 Å². The van der Waals surface area contributed by atoms with Gasteiger partial charge in [0.2, 0.25) is 0 Å². The van der Waals surface area contributed by atoms with E-state index in [4.69, 9.17) is 0 Å². The van der Waals surface area contributed by atoms with E-state index in [1.807, 2.05) is 38.4 Å². The van der Waals surface area contributed by atoms with Crippen LogP contribution in [0.15, 0.2) is 35.9 Å². The second kappa shape index (κ2) is 7.22. The van der Waals surface area contributed by atoms with Crippen LogP contribution < -0.4 is 10.6 Å². The Bertz CT molecular complexity index is 494. The number of nitrogens with zero attached hydrogens (tertiary/aromatic N) is 1. The highest BCUT2D eigenvalue weighted by molar-refractivity contribution is 5.94. The summed E-state index contributed by atoms with van der Waals surface area (Å²) in [4.78, 5) is 14.3. The van der Waals surface area contributed by atoms with Crippen molar-refractivity contribution >= 4 is 5.91 Å². The lowest BCUT2D eigenvalue weighted by molar-refractivity contribution is 0.0956. The Labute approximate surface area is 120 Å². The lowest BCUT2D eigenvalue weighted by Crippen LogP contribution is -2.29. The van der Waals surface area contributed by atoms with Crippen molar-refractivity contribution < 1.29 is 4.79 Å². The summed E-state index contributed by atoms with van der Waals surface area (Å²) in [6, 6.07) is 7.82. The summed E-state index contributed by atoms with van der Waals surface area (Å²) in [5.41, 5.74) is 3.20. The van der Waals surface area contributed by atoms with E-state index in [-0.39, 0.29) is 5.91 Å². The molecule has 1 heterocycles. The molecule has 0 aliphatic carbocycles. The molecule has 1 aliphatic heterocycles. The van der Waals surface area contributed by atoms with Crippen LogP contribution in [0.5, 0.6) is 0 Å². The van der Waals surface area contributed by atoms with Gasteiger partial charge in [0.05, 0.1) is 0 Å². The molecule has 1 aromatic carbocycles. The minimum atomic E-state index is 0.00467. The molecule has 0 spiro atoms. The number of amides is 1. The molecule has 1 amide bonds. The second-order valence-corrected chi connectivity index (χ2v) is 5.44. The summed E-state index contributed by atoms with van der Waals surface area (Å²) >= 11 is 0. The van der Waals surface area contributed by atoms with E-state index in [2.05, 4.69) is 21.6 Å². The van der Waals surface area contributed by atoms with Gasteiger partial charge in [0.25, 0.3) is 5.91 Å². The normalized spacial score (nSPS) is 15.1. The highest BCUT2D eigenvalue weighted by Crippen LogP contribution is 2.08. The van der Waals surface area contributed by atoms with Crippen LogP contribution in [-0.2, 0) is 6.54 Å². The molecule has 0 fully saturated rings. The first-order chi connectivity index (χ1) is 9.65. The smallest absolute Gasteiger partial charge is 0.251 e. The van der Waals surface area contributed by atoms with Gasteiger partial charge in [0, 0.05) is 25.2 Å². The molecule has 0 saturated heterocycles. The maximum Gasteiger partial charge on any atom is 0.251 e. The van der Waals surface area contributed by atoms with Crippen molar-refractivity contribution in [3.63, 3.8) is 0 Å². The summed E-state index contributed by atoms with van der Waals surface area (Å²) in [6.45, 7) is 3.40. The first-order valence-electron chi connectivity index (χ1n) is 7.05. The van der Waals surface area contributed by atoms with Gasteiger partial charge in [-0.2, -0.15) is 0 Å². The van der Waals surface area contributed by atoms with Crippen molar-refractivity contribution in [3.05, 3.63) is 47.0 Å². The third kappa shape index (κ3) is 4.47. The van der Waals surface area contributed by atoms with Crippen molar-refractivity contribution in [2.24, 2.45) is 0 Å². The molecular weight excluding hydrogens is 250 g/mol. The van der Waals surface area contributed by atoms with E-state index < -0.39 is 0 Å². The lowest BCUT2D eigenvalue weighted by Gasteiger charge is -2.15. The van der Waals surface area contributed by atoms with E-state index in [1.54, 1.807) is 0 Å². The molecule has 2 N–H and O–H groups in total. The van der Waals surface area contributed by atoms with Crippen molar-refractivity contribution in [2.45, 2.75) is 13.0 Å². The number of nitrogens with one attached hydrogen (secondary N) is 2. The summed E-state index contributed by atoms with van der Waals surface area (Å²) < 4.78 is 0. The van der Waals surface area contributed by atoms with Crippen LogP contribution in [0.3, 0.4) is 0 Å². The molecule has 1 aromatic rings. The largest absolute Gasteiger partial charge is 0.348 e.